The molecule has 6 aromatic carbocycles. The third-order valence-electron chi connectivity index (χ3n) is 7.74. The molecule has 49 heavy (non-hydrogen) atoms. The van der Waals surface area contributed by atoms with E-state index in [1.807, 2.05) is 127 Å². The summed E-state index contributed by atoms with van der Waals surface area (Å²) in [5, 5.41) is 5.89. The summed E-state index contributed by atoms with van der Waals surface area (Å²) in [6, 6.07) is 47.0. The monoisotopic (exact) mass is 638 g/mol. The fourth-order valence-electron chi connectivity index (χ4n) is 5.11. The number of amides is 2. The molecule has 0 aliphatic rings. The van der Waals surface area contributed by atoms with Gasteiger partial charge in [0.25, 0.3) is 11.8 Å². The van der Waals surface area contributed by atoms with Crippen molar-refractivity contribution in [3.8, 4) is 11.4 Å². The summed E-state index contributed by atoms with van der Waals surface area (Å²) < 4.78 is 0. The minimum atomic E-state index is -0.223. The number of nitrogens with zero attached hydrogens (tertiary/aromatic N) is 3. The molecule has 3 N–H and O–H groups in total. The predicted molar refractivity (Wildman–Crippen MR) is 198 cm³/mol. The van der Waals surface area contributed by atoms with Gasteiger partial charge in [0.15, 0.2) is 0 Å². The van der Waals surface area contributed by atoms with Gasteiger partial charge >= 0.3 is 0 Å². The van der Waals surface area contributed by atoms with Gasteiger partial charge in [-0.2, -0.15) is 0 Å². The van der Waals surface area contributed by atoms with Crippen LogP contribution in [0.4, 0.5) is 22.7 Å². The highest BCUT2D eigenvalue weighted by molar-refractivity contribution is 6.05. The second-order valence-corrected chi connectivity index (χ2v) is 11.2. The molecule has 8 nitrogen and oxygen atoms in total. The van der Waals surface area contributed by atoms with Gasteiger partial charge in [-0.1, -0.05) is 60.7 Å². The second-order valence-electron chi connectivity index (χ2n) is 11.2. The number of rotatable bonds is 9. The van der Waals surface area contributed by atoms with Crippen molar-refractivity contribution in [2.24, 2.45) is 9.98 Å². The van der Waals surface area contributed by atoms with E-state index in [1.165, 1.54) is 0 Å². The van der Waals surface area contributed by atoms with E-state index in [4.69, 9.17) is 4.98 Å². The molecule has 0 spiro atoms. The van der Waals surface area contributed by atoms with Crippen LogP contribution in [0.25, 0.3) is 22.4 Å². The van der Waals surface area contributed by atoms with Crippen LogP contribution in [0.5, 0.6) is 0 Å². The van der Waals surface area contributed by atoms with Gasteiger partial charge in [0, 0.05) is 40.5 Å². The Morgan fingerprint density at radius 3 is 1.57 bits per heavy atom. The summed E-state index contributed by atoms with van der Waals surface area (Å²) in [6.45, 7) is 0. The number of nitrogens with one attached hydrogen (secondary N) is 3. The lowest BCUT2D eigenvalue weighted by Crippen LogP contribution is -2.11. The maximum atomic E-state index is 12.9. The van der Waals surface area contributed by atoms with E-state index < -0.39 is 0 Å². The third-order valence-corrected chi connectivity index (χ3v) is 7.74. The highest BCUT2D eigenvalue weighted by atomic mass is 16.2. The Hall–Kier alpha value is -6.93. The molecule has 0 aliphatic heterocycles. The van der Waals surface area contributed by atoms with E-state index in [-0.39, 0.29) is 11.8 Å². The van der Waals surface area contributed by atoms with Crippen molar-refractivity contribution in [3.63, 3.8) is 0 Å². The molecule has 7 aromatic rings. The van der Waals surface area contributed by atoms with E-state index in [0.29, 0.717) is 33.8 Å². The molecule has 0 fully saturated rings. The number of carbonyl (C=O) groups excluding carboxylic acids is 2. The predicted octanol–water partition coefficient (Wildman–Crippen LogP) is 9.24. The zero-order valence-corrected chi connectivity index (χ0v) is 26.2. The van der Waals surface area contributed by atoms with Crippen molar-refractivity contribution in [1.82, 2.24) is 9.97 Å². The van der Waals surface area contributed by atoms with Gasteiger partial charge in [0.2, 0.25) is 0 Å². The highest BCUT2D eigenvalue weighted by Crippen LogP contribution is 2.25. The highest BCUT2D eigenvalue weighted by Gasteiger charge is 2.11. The fraction of sp³-hybridized carbons (Fsp3) is 0. The van der Waals surface area contributed by atoms with E-state index in [0.717, 1.165) is 33.6 Å². The molecular weight excluding hydrogens is 608 g/mol. The summed E-state index contributed by atoms with van der Waals surface area (Å²) in [5.41, 5.74) is 8.31. The Balaban J connectivity index is 0.959. The van der Waals surface area contributed by atoms with Gasteiger partial charge in [0.05, 0.1) is 22.4 Å². The van der Waals surface area contributed by atoms with Crippen LogP contribution in [0.2, 0.25) is 0 Å². The Morgan fingerprint density at radius 1 is 0.551 bits per heavy atom. The molecule has 0 atom stereocenters. The molecule has 0 saturated heterocycles. The average molecular weight is 639 g/mol. The minimum Gasteiger partial charge on any atom is -0.338 e. The summed E-state index contributed by atoms with van der Waals surface area (Å²) >= 11 is 0. The fourth-order valence-corrected chi connectivity index (χ4v) is 5.11. The van der Waals surface area contributed by atoms with E-state index in [9.17, 15) is 9.59 Å². The van der Waals surface area contributed by atoms with Crippen LogP contribution in [0.3, 0.4) is 0 Å². The number of carbonyl (C=O) groups is 2. The molecular formula is C41H30N6O2. The van der Waals surface area contributed by atoms with Gasteiger partial charge in [-0.25, -0.2) is 4.98 Å². The first kappa shape index (κ1) is 30.7. The smallest absolute Gasteiger partial charge is 0.255 e. The zero-order valence-electron chi connectivity index (χ0n) is 26.2. The van der Waals surface area contributed by atoms with Crippen LogP contribution in [-0.2, 0) is 0 Å². The number of aromatic amines is 1. The first-order chi connectivity index (χ1) is 24.1. The van der Waals surface area contributed by atoms with E-state index in [2.05, 4.69) is 25.6 Å². The van der Waals surface area contributed by atoms with Crippen LogP contribution in [0, 0.1) is 0 Å². The summed E-state index contributed by atoms with van der Waals surface area (Å²) in [5.74, 6) is 0.241. The first-order valence-corrected chi connectivity index (χ1v) is 15.7. The lowest BCUT2D eigenvalue weighted by atomic mass is 10.1. The van der Waals surface area contributed by atoms with Crippen molar-refractivity contribution in [2.45, 2.75) is 0 Å². The molecule has 1 aromatic heterocycles. The maximum Gasteiger partial charge on any atom is 0.255 e. The van der Waals surface area contributed by atoms with Gasteiger partial charge in [0.1, 0.15) is 5.82 Å². The van der Waals surface area contributed by atoms with Crippen molar-refractivity contribution < 1.29 is 9.59 Å². The minimum absolute atomic E-state index is 0.211. The normalized spacial score (nSPS) is 11.3. The topological polar surface area (TPSA) is 112 Å². The molecule has 7 rings (SSSR count). The third kappa shape index (κ3) is 7.73. The number of fused-ring (bicyclic) bond motifs is 1. The Labute approximate surface area is 283 Å². The molecule has 0 aliphatic carbocycles. The SMILES string of the molecule is O=C(Nc1ccc(-c2nc3cc(NC(=O)c4ccc(/N=C\c5ccccc5)cc4)ccc3[nH]2)cc1)c1ccc(/N=C\c2ccccc2)cc1. The summed E-state index contributed by atoms with van der Waals surface area (Å²) in [6.07, 6.45) is 3.58. The molecule has 1 heterocycles. The quantitative estimate of drug-likeness (QED) is 0.137. The zero-order chi connectivity index (χ0) is 33.4. The summed E-state index contributed by atoms with van der Waals surface area (Å²) in [7, 11) is 0. The largest absolute Gasteiger partial charge is 0.338 e. The van der Waals surface area contributed by atoms with Crippen molar-refractivity contribution >= 4 is 58.0 Å². The number of H-pyrrole nitrogens is 1. The lowest BCUT2D eigenvalue weighted by molar-refractivity contribution is 0.101. The second kappa shape index (κ2) is 14.2. The standard InChI is InChI=1S/C41H30N6O2/c48-40(31-13-17-33(18-14-31)42-26-28-7-3-1-4-8-28)44-35-21-11-30(12-22-35)39-46-37-24-23-36(25-38(37)47-39)45-41(49)32-15-19-34(20-16-32)43-27-29-9-5-2-6-10-29/h1-27H,(H,44,48)(H,45,49)(H,46,47)/b42-26-,43-27-. The van der Waals surface area contributed by atoms with Crippen molar-refractivity contribution in [3.05, 3.63) is 174 Å². The average Bonchev–Trinajstić information content (AvgIpc) is 3.58. The molecule has 0 radical (unpaired) electrons. The van der Waals surface area contributed by atoms with Gasteiger partial charge in [-0.05, 0) is 102 Å². The number of benzene rings is 6. The molecule has 0 saturated carbocycles. The van der Waals surface area contributed by atoms with Crippen LogP contribution >= 0.6 is 0 Å². The number of anilines is 2. The number of imidazole rings is 1. The number of aliphatic imine (C=N–C) groups is 2. The lowest BCUT2D eigenvalue weighted by Gasteiger charge is -2.06. The van der Waals surface area contributed by atoms with E-state index >= 15 is 0 Å². The van der Waals surface area contributed by atoms with Crippen molar-refractivity contribution in [2.75, 3.05) is 10.6 Å². The Kier molecular flexibility index (Phi) is 8.92. The molecule has 0 unspecified atom stereocenters. The van der Waals surface area contributed by atoms with Crippen LogP contribution in [0.15, 0.2) is 162 Å². The molecule has 8 heteroatoms. The van der Waals surface area contributed by atoms with Crippen LogP contribution in [0.1, 0.15) is 31.8 Å². The van der Waals surface area contributed by atoms with Gasteiger partial charge in [-0.3, -0.25) is 19.6 Å². The number of aromatic nitrogens is 2. The van der Waals surface area contributed by atoms with Gasteiger partial charge < -0.3 is 15.6 Å². The number of hydrogen-bond acceptors (Lipinski definition) is 5. The van der Waals surface area contributed by atoms with E-state index in [1.54, 1.807) is 36.7 Å². The molecule has 236 valence electrons. The van der Waals surface area contributed by atoms with Crippen LogP contribution in [-0.4, -0.2) is 34.2 Å². The molecule has 0 bridgehead atoms. The van der Waals surface area contributed by atoms with Crippen LogP contribution < -0.4 is 10.6 Å². The van der Waals surface area contributed by atoms with Gasteiger partial charge in [-0.15, -0.1) is 0 Å². The first-order valence-electron chi connectivity index (χ1n) is 15.7. The Bertz CT molecular complexity index is 2280. The summed E-state index contributed by atoms with van der Waals surface area (Å²) in [4.78, 5) is 42.8. The Morgan fingerprint density at radius 2 is 1.04 bits per heavy atom. The maximum absolute atomic E-state index is 12.9. The molecule has 2 amide bonds. The number of hydrogen-bond donors (Lipinski definition) is 3. The van der Waals surface area contributed by atoms with Crippen molar-refractivity contribution in [1.29, 1.82) is 0 Å².